The van der Waals surface area contributed by atoms with Crippen molar-refractivity contribution < 1.29 is 22.7 Å². The first-order valence-electron chi connectivity index (χ1n) is 10.7. The van der Waals surface area contributed by atoms with Gasteiger partial charge in [-0.2, -0.15) is 0 Å². The summed E-state index contributed by atoms with van der Waals surface area (Å²) in [4.78, 5) is 14.8. The maximum Gasteiger partial charge on any atom is 0.264 e. The molecule has 35 heavy (non-hydrogen) atoms. The lowest BCUT2D eigenvalue weighted by molar-refractivity contribution is -0.119. The molecule has 0 atom stereocenters. The van der Waals surface area contributed by atoms with Crippen molar-refractivity contribution in [2.45, 2.75) is 11.4 Å². The van der Waals surface area contributed by atoms with Gasteiger partial charge in [0.1, 0.15) is 6.54 Å². The lowest BCUT2D eigenvalue weighted by Crippen LogP contribution is -2.40. The number of ether oxygens (including phenoxy) is 2. The molecule has 186 valence electrons. The van der Waals surface area contributed by atoms with E-state index in [4.69, 9.17) is 21.1 Å². The molecule has 0 aliphatic carbocycles. The zero-order valence-electron chi connectivity index (χ0n) is 20.0. The van der Waals surface area contributed by atoms with E-state index in [1.165, 1.54) is 32.4 Å². The van der Waals surface area contributed by atoms with Crippen LogP contribution < -0.4 is 24.0 Å². The van der Waals surface area contributed by atoms with E-state index in [1.807, 2.05) is 43.3 Å². The Morgan fingerprint density at radius 2 is 1.49 bits per heavy atom. The van der Waals surface area contributed by atoms with Crippen LogP contribution in [0, 0.1) is 0 Å². The van der Waals surface area contributed by atoms with Crippen LogP contribution in [0.25, 0.3) is 0 Å². The van der Waals surface area contributed by atoms with E-state index in [0.717, 1.165) is 15.6 Å². The Balaban J connectivity index is 1.86. The molecule has 0 unspecified atom stereocenters. The molecule has 3 rings (SSSR count). The van der Waals surface area contributed by atoms with Crippen LogP contribution >= 0.6 is 11.6 Å². The molecule has 10 heteroatoms. The van der Waals surface area contributed by atoms with Gasteiger partial charge in [0, 0.05) is 37.4 Å². The summed E-state index contributed by atoms with van der Waals surface area (Å²) in [7, 11) is 2.64. The van der Waals surface area contributed by atoms with Crippen LogP contribution in [0.15, 0.2) is 71.6 Å². The smallest absolute Gasteiger partial charge is 0.264 e. The van der Waals surface area contributed by atoms with E-state index in [2.05, 4.69) is 5.32 Å². The zero-order chi connectivity index (χ0) is 25.6. The van der Waals surface area contributed by atoms with Crippen molar-refractivity contribution >= 4 is 38.9 Å². The maximum absolute atomic E-state index is 13.6. The van der Waals surface area contributed by atoms with E-state index in [0.29, 0.717) is 16.5 Å². The molecule has 0 radical (unpaired) electrons. The summed E-state index contributed by atoms with van der Waals surface area (Å²) in [6, 6.07) is 18.2. The number of carbonyl (C=O) groups is 1. The molecule has 1 N–H and O–H groups in total. The minimum absolute atomic E-state index is 0.0443. The maximum atomic E-state index is 13.6. The van der Waals surface area contributed by atoms with Crippen molar-refractivity contribution in [1.29, 1.82) is 0 Å². The molecule has 0 aromatic heterocycles. The van der Waals surface area contributed by atoms with E-state index < -0.39 is 22.5 Å². The first-order valence-corrected chi connectivity index (χ1v) is 12.5. The van der Waals surface area contributed by atoms with Gasteiger partial charge in [0.2, 0.25) is 5.91 Å². The molecular formula is C25H28ClN3O5S. The largest absolute Gasteiger partial charge is 0.493 e. The number of carbonyl (C=O) groups excluding carboxylic acids is 1. The molecule has 0 aliphatic rings. The van der Waals surface area contributed by atoms with Crippen LogP contribution in [0.1, 0.15) is 5.56 Å². The van der Waals surface area contributed by atoms with Crippen molar-refractivity contribution in [1.82, 2.24) is 5.32 Å². The highest BCUT2D eigenvalue weighted by Gasteiger charge is 2.28. The van der Waals surface area contributed by atoms with Gasteiger partial charge in [-0.3, -0.25) is 9.10 Å². The lowest BCUT2D eigenvalue weighted by Gasteiger charge is -2.24. The lowest BCUT2D eigenvalue weighted by atomic mass is 10.2. The Morgan fingerprint density at radius 3 is 2.06 bits per heavy atom. The third-order valence-electron chi connectivity index (χ3n) is 5.29. The summed E-state index contributed by atoms with van der Waals surface area (Å²) < 4.78 is 38.7. The Hall–Kier alpha value is -3.43. The Kier molecular flexibility index (Phi) is 8.48. The van der Waals surface area contributed by atoms with E-state index in [1.54, 1.807) is 24.3 Å². The topological polar surface area (TPSA) is 88.2 Å². The Labute approximate surface area is 211 Å². The van der Waals surface area contributed by atoms with Gasteiger partial charge < -0.3 is 19.7 Å². The zero-order valence-corrected chi connectivity index (χ0v) is 21.6. The molecule has 0 heterocycles. The molecule has 0 spiro atoms. The second-order valence-electron chi connectivity index (χ2n) is 7.84. The molecule has 0 fully saturated rings. The first-order chi connectivity index (χ1) is 16.6. The van der Waals surface area contributed by atoms with E-state index >= 15 is 0 Å². The summed E-state index contributed by atoms with van der Waals surface area (Å²) in [5, 5.41) is 3.24. The molecule has 0 saturated heterocycles. The van der Waals surface area contributed by atoms with Gasteiger partial charge in [0.05, 0.1) is 24.8 Å². The molecule has 8 nitrogen and oxygen atoms in total. The molecular weight excluding hydrogens is 490 g/mol. The molecule has 0 aliphatic heterocycles. The molecule has 3 aromatic carbocycles. The second-order valence-corrected chi connectivity index (χ2v) is 10.1. The van der Waals surface area contributed by atoms with Crippen LogP contribution in [0.3, 0.4) is 0 Å². The highest BCUT2D eigenvalue weighted by molar-refractivity contribution is 7.92. The number of methoxy groups -OCH3 is 2. The standard InChI is InChI=1S/C25H28ClN3O5S/c1-28(2)20-9-5-18(6-10-20)16-27-25(30)17-29(21-11-7-19(26)8-12-21)35(31,32)22-13-14-23(33-3)24(15-22)34-4/h5-15H,16-17H2,1-4H3,(H,27,30). The van der Waals surface area contributed by atoms with Crippen molar-refractivity contribution in [2.75, 3.05) is 44.1 Å². The highest BCUT2D eigenvalue weighted by atomic mass is 35.5. The van der Waals surface area contributed by atoms with Gasteiger partial charge in [-0.15, -0.1) is 0 Å². The number of benzene rings is 3. The summed E-state index contributed by atoms with van der Waals surface area (Å²) in [6.45, 7) is -0.161. The predicted molar refractivity (Wildman–Crippen MR) is 138 cm³/mol. The highest BCUT2D eigenvalue weighted by Crippen LogP contribution is 2.32. The summed E-state index contributed by atoms with van der Waals surface area (Å²) in [5.74, 6) is 0.193. The minimum Gasteiger partial charge on any atom is -0.493 e. The van der Waals surface area contributed by atoms with Crippen molar-refractivity contribution in [3.63, 3.8) is 0 Å². The fraction of sp³-hybridized carbons (Fsp3) is 0.240. The van der Waals surface area contributed by atoms with E-state index in [9.17, 15) is 13.2 Å². The van der Waals surface area contributed by atoms with E-state index in [-0.39, 0.29) is 17.2 Å². The fourth-order valence-corrected chi connectivity index (χ4v) is 4.89. The third-order valence-corrected chi connectivity index (χ3v) is 7.31. The number of hydrogen-bond acceptors (Lipinski definition) is 6. The van der Waals surface area contributed by atoms with Crippen LogP contribution in [0.2, 0.25) is 5.02 Å². The van der Waals surface area contributed by atoms with Crippen molar-refractivity contribution in [3.05, 3.63) is 77.3 Å². The van der Waals surface area contributed by atoms with Crippen LogP contribution in [0.4, 0.5) is 11.4 Å². The van der Waals surface area contributed by atoms with Crippen molar-refractivity contribution in [2.24, 2.45) is 0 Å². The van der Waals surface area contributed by atoms with Gasteiger partial charge in [0.25, 0.3) is 10.0 Å². The van der Waals surface area contributed by atoms with Gasteiger partial charge >= 0.3 is 0 Å². The van der Waals surface area contributed by atoms with Crippen LogP contribution in [-0.4, -0.2) is 49.2 Å². The summed E-state index contributed by atoms with van der Waals surface area (Å²) in [5.41, 5.74) is 2.23. The van der Waals surface area contributed by atoms with Gasteiger partial charge in [-0.1, -0.05) is 23.7 Å². The number of anilines is 2. The number of nitrogens with zero attached hydrogens (tertiary/aromatic N) is 2. The number of rotatable bonds is 10. The number of nitrogens with one attached hydrogen (secondary N) is 1. The monoisotopic (exact) mass is 517 g/mol. The SMILES string of the molecule is COc1ccc(S(=O)(=O)N(CC(=O)NCc2ccc(N(C)C)cc2)c2ccc(Cl)cc2)cc1OC. The number of halogens is 1. The molecule has 0 saturated carbocycles. The summed E-state index contributed by atoms with van der Waals surface area (Å²) in [6.07, 6.45) is 0. The van der Waals surface area contributed by atoms with Crippen LogP contribution in [-0.2, 0) is 21.4 Å². The molecule has 0 bridgehead atoms. The Bertz CT molecular complexity index is 1260. The normalized spacial score (nSPS) is 11.0. The quantitative estimate of drug-likeness (QED) is 0.438. The number of amides is 1. The van der Waals surface area contributed by atoms with Crippen molar-refractivity contribution in [3.8, 4) is 11.5 Å². The molecule has 1 amide bonds. The molecule has 3 aromatic rings. The van der Waals surface area contributed by atoms with Crippen LogP contribution in [0.5, 0.6) is 11.5 Å². The number of sulfonamides is 1. The third kappa shape index (κ3) is 6.37. The average molecular weight is 518 g/mol. The fourth-order valence-electron chi connectivity index (χ4n) is 3.33. The minimum atomic E-state index is -4.13. The van der Waals surface area contributed by atoms with Gasteiger partial charge in [-0.05, 0) is 54.1 Å². The second kappa shape index (κ2) is 11.3. The first kappa shape index (κ1) is 26.2. The number of hydrogen-bond donors (Lipinski definition) is 1. The van der Waals surface area contributed by atoms with Gasteiger partial charge in [-0.25, -0.2) is 8.42 Å². The predicted octanol–water partition coefficient (Wildman–Crippen LogP) is 3.93. The average Bonchev–Trinajstić information content (AvgIpc) is 2.86. The Morgan fingerprint density at radius 1 is 0.886 bits per heavy atom. The summed E-state index contributed by atoms with van der Waals surface area (Å²) >= 11 is 5.99. The van der Waals surface area contributed by atoms with Gasteiger partial charge in [0.15, 0.2) is 11.5 Å².